The number of furan rings is 1. The quantitative estimate of drug-likeness (QED) is 0.800. The summed E-state index contributed by atoms with van der Waals surface area (Å²) in [4.78, 5) is 12.3. The van der Waals surface area contributed by atoms with Gasteiger partial charge in [-0.25, -0.2) is 0 Å². The zero-order valence-electron chi connectivity index (χ0n) is 13.5. The van der Waals surface area contributed by atoms with Crippen LogP contribution in [0.5, 0.6) is 0 Å². The number of aryl methyl sites for hydroxylation is 4. The Morgan fingerprint density at radius 1 is 1.26 bits per heavy atom. The van der Waals surface area contributed by atoms with Crippen LogP contribution >= 0.6 is 0 Å². The molecular weight excluding hydrogens is 296 g/mol. The van der Waals surface area contributed by atoms with E-state index < -0.39 is 0 Å². The number of aromatic nitrogens is 3. The highest BCUT2D eigenvalue weighted by Crippen LogP contribution is 2.20. The topological polar surface area (TPSA) is 86.1 Å². The molecule has 0 aliphatic rings. The first-order valence-corrected chi connectivity index (χ1v) is 7.28. The van der Waals surface area contributed by atoms with Crippen molar-refractivity contribution in [2.45, 2.75) is 34.2 Å². The molecule has 120 valence electrons. The van der Waals surface area contributed by atoms with Crippen LogP contribution in [0.2, 0.25) is 0 Å². The molecule has 0 fully saturated rings. The summed E-state index contributed by atoms with van der Waals surface area (Å²) < 4.78 is 12.5. The van der Waals surface area contributed by atoms with Crippen molar-refractivity contribution in [3.63, 3.8) is 0 Å². The number of anilines is 1. The van der Waals surface area contributed by atoms with Crippen molar-refractivity contribution in [1.29, 1.82) is 0 Å². The van der Waals surface area contributed by atoms with Gasteiger partial charge < -0.3 is 14.3 Å². The standard InChI is InChI=1S/C16H18N4O3/c1-9-7-10(2)20(18-9)8-13-5-6-14(22-13)16(21)17-15-11(3)19-23-12(15)4/h5-7H,8H2,1-4H3,(H,17,21). The minimum atomic E-state index is -0.334. The lowest BCUT2D eigenvalue weighted by Gasteiger charge is -2.03. The second kappa shape index (κ2) is 5.75. The monoisotopic (exact) mass is 314 g/mol. The van der Waals surface area contributed by atoms with Crippen LogP contribution in [0.15, 0.2) is 27.1 Å². The maximum Gasteiger partial charge on any atom is 0.291 e. The largest absolute Gasteiger partial charge is 0.454 e. The SMILES string of the molecule is Cc1cc(C)n(Cc2ccc(C(=O)Nc3c(C)noc3C)o2)n1. The maximum absolute atomic E-state index is 12.3. The van der Waals surface area contributed by atoms with Crippen LogP contribution in [0, 0.1) is 27.7 Å². The second-order valence-corrected chi connectivity index (χ2v) is 5.50. The Balaban J connectivity index is 1.74. The molecule has 23 heavy (non-hydrogen) atoms. The molecule has 0 aliphatic carbocycles. The summed E-state index contributed by atoms with van der Waals surface area (Å²) in [7, 11) is 0. The predicted octanol–water partition coefficient (Wildman–Crippen LogP) is 3.00. The van der Waals surface area contributed by atoms with Crippen LogP contribution in [0.25, 0.3) is 0 Å². The molecule has 0 unspecified atom stereocenters. The molecule has 3 aromatic heterocycles. The minimum Gasteiger partial charge on any atom is -0.454 e. The highest BCUT2D eigenvalue weighted by atomic mass is 16.5. The fourth-order valence-electron chi connectivity index (χ4n) is 2.40. The molecule has 0 saturated carbocycles. The molecule has 7 nitrogen and oxygen atoms in total. The van der Waals surface area contributed by atoms with Crippen molar-refractivity contribution in [2.75, 3.05) is 5.32 Å². The molecule has 0 saturated heterocycles. The van der Waals surface area contributed by atoms with Gasteiger partial charge in [-0.2, -0.15) is 5.10 Å². The van der Waals surface area contributed by atoms with E-state index in [9.17, 15) is 4.79 Å². The van der Waals surface area contributed by atoms with Gasteiger partial charge in [-0.1, -0.05) is 5.16 Å². The van der Waals surface area contributed by atoms with Gasteiger partial charge >= 0.3 is 0 Å². The third-order valence-corrected chi connectivity index (χ3v) is 3.57. The highest BCUT2D eigenvalue weighted by Gasteiger charge is 2.17. The third kappa shape index (κ3) is 3.03. The lowest BCUT2D eigenvalue weighted by atomic mass is 10.3. The van der Waals surface area contributed by atoms with Gasteiger partial charge in [0.1, 0.15) is 17.1 Å². The number of carbonyl (C=O) groups is 1. The summed E-state index contributed by atoms with van der Waals surface area (Å²) in [6, 6.07) is 5.42. The van der Waals surface area contributed by atoms with Gasteiger partial charge in [0.2, 0.25) is 0 Å². The maximum atomic E-state index is 12.3. The molecule has 7 heteroatoms. The molecule has 3 rings (SSSR count). The summed E-state index contributed by atoms with van der Waals surface area (Å²) in [5.74, 6) is 1.13. The van der Waals surface area contributed by atoms with Crippen molar-refractivity contribution < 1.29 is 13.7 Å². The fraction of sp³-hybridized carbons (Fsp3) is 0.312. The fourth-order valence-corrected chi connectivity index (χ4v) is 2.40. The first-order chi connectivity index (χ1) is 10.9. The molecular formula is C16H18N4O3. The van der Waals surface area contributed by atoms with E-state index in [0.717, 1.165) is 11.4 Å². The average Bonchev–Trinajstić information content (AvgIpc) is 3.16. The van der Waals surface area contributed by atoms with Crippen molar-refractivity contribution in [3.8, 4) is 0 Å². The Hall–Kier alpha value is -2.83. The first kappa shape index (κ1) is 15.1. The molecule has 0 radical (unpaired) electrons. The van der Waals surface area contributed by atoms with Crippen LogP contribution in [0.3, 0.4) is 0 Å². The van der Waals surface area contributed by atoms with Crippen LogP contribution < -0.4 is 5.32 Å². The Bertz CT molecular complexity index is 837. The highest BCUT2D eigenvalue weighted by molar-refractivity contribution is 6.02. The summed E-state index contributed by atoms with van der Waals surface area (Å²) in [5, 5.41) is 10.9. The second-order valence-electron chi connectivity index (χ2n) is 5.50. The van der Waals surface area contributed by atoms with Gasteiger partial charge in [0.05, 0.1) is 12.2 Å². The summed E-state index contributed by atoms with van der Waals surface area (Å²) in [5.41, 5.74) is 3.20. The van der Waals surface area contributed by atoms with Gasteiger partial charge in [-0.3, -0.25) is 9.48 Å². The Morgan fingerprint density at radius 3 is 2.65 bits per heavy atom. The van der Waals surface area contributed by atoms with Crippen molar-refractivity contribution in [2.24, 2.45) is 0 Å². The summed E-state index contributed by atoms with van der Waals surface area (Å²) in [6.07, 6.45) is 0. The molecule has 3 heterocycles. The lowest BCUT2D eigenvalue weighted by Crippen LogP contribution is -2.12. The van der Waals surface area contributed by atoms with Gasteiger partial charge in [-0.15, -0.1) is 0 Å². The molecule has 0 atom stereocenters. The smallest absolute Gasteiger partial charge is 0.291 e. The van der Waals surface area contributed by atoms with E-state index in [0.29, 0.717) is 29.4 Å². The van der Waals surface area contributed by atoms with Crippen LogP contribution in [-0.4, -0.2) is 20.8 Å². The molecule has 0 aliphatic heterocycles. The first-order valence-electron chi connectivity index (χ1n) is 7.28. The molecule has 1 N–H and O–H groups in total. The van der Waals surface area contributed by atoms with Crippen LogP contribution in [-0.2, 0) is 6.54 Å². The normalized spacial score (nSPS) is 11.0. The van der Waals surface area contributed by atoms with E-state index in [1.807, 2.05) is 24.6 Å². The van der Waals surface area contributed by atoms with E-state index in [4.69, 9.17) is 8.94 Å². The summed E-state index contributed by atoms with van der Waals surface area (Å²) in [6.45, 7) is 7.91. The molecule has 0 aromatic carbocycles. The van der Waals surface area contributed by atoms with Crippen LogP contribution in [0.4, 0.5) is 5.69 Å². The van der Waals surface area contributed by atoms with Crippen molar-refractivity contribution in [3.05, 3.63) is 52.6 Å². The Morgan fingerprint density at radius 2 is 2.04 bits per heavy atom. The summed E-state index contributed by atoms with van der Waals surface area (Å²) >= 11 is 0. The lowest BCUT2D eigenvalue weighted by molar-refractivity contribution is 0.0994. The van der Waals surface area contributed by atoms with Gasteiger partial charge in [0.15, 0.2) is 11.5 Å². The van der Waals surface area contributed by atoms with E-state index in [1.54, 1.807) is 26.0 Å². The Kier molecular flexibility index (Phi) is 3.77. The number of nitrogens with zero attached hydrogens (tertiary/aromatic N) is 3. The third-order valence-electron chi connectivity index (χ3n) is 3.57. The number of rotatable bonds is 4. The van der Waals surface area contributed by atoms with Crippen LogP contribution in [0.1, 0.15) is 39.2 Å². The van der Waals surface area contributed by atoms with E-state index >= 15 is 0 Å². The minimum absolute atomic E-state index is 0.238. The van der Waals surface area contributed by atoms with E-state index in [-0.39, 0.29) is 11.7 Å². The molecule has 0 spiro atoms. The Labute approximate surface area is 133 Å². The average molecular weight is 314 g/mol. The predicted molar refractivity (Wildman–Crippen MR) is 83.4 cm³/mol. The van der Waals surface area contributed by atoms with Gasteiger partial charge in [0.25, 0.3) is 5.91 Å². The number of hydrogen-bond acceptors (Lipinski definition) is 5. The molecule has 3 aromatic rings. The van der Waals surface area contributed by atoms with Crippen molar-refractivity contribution >= 4 is 11.6 Å². The number of nitrogens with one attached hydrogen (secondary N) is 1. The van der Waals surface area contributed by atoms with E-state index in [1.165, 1.54) is 0 Å². The van der Waals surface area contributed by atoms with E-state index in [2.05, 4.69) is 15.6 Å². The van der Waals surface area contributed by atoms with Gasteiger partial charge in [-0.05, 0) is 45.9 Å². The van der Waals surface area contributed by atoms with Gasteiger partial charge in [0, 0.05) is 5.69 Å². The number of amides is 1. The zero-order valence-corrected chi connectivity index (χ0v) is 13.5. The van der Waals surface area contributed by atoms with Crippen molar-refractivity contribution in [1.82, 2.24) is 14.9 Å². The molecule has 1 amide bonds. The zero-order chi connectivity index (χ0) is 16.6. The number of hydrogen-bond donors (Lipinski definition) is 1. The number of carbonyl (C=O) groups excluding carboxylic acids is 1. The molecule has 0 bridgehead atoms.